The Bertz CT molecular complexity index is 1480. The van der Waals surface area contributed by atoms with Gasteiger partial charge in [-0.25, -0.2) is 0 Å². The molecular weight excluding hydrogens is 376 g/mol. The smallest absolute Gasteiger partial charge is 0.193 e. The van der Waals surface area contributed by atoms with Crippen LogP contribution >= 0.6 is 0 Å². The zero-order valence-corrected chi connectivity index (χ0v) is 15.9. The van der Waals surface area contributed by atoms with Gasteiger partial charge in [0.1, 0.15) is 22.3 Å². The van der Waals surface area contributed by atoms with E-state index in [4.69, 9.17) is 8.83 Å². The molecule has 0 aliphatic rings. The van der Waals surface area contributed by atoms with Gasteiger partial charge in [0, 0.05) is 27.6 Å². The summed E-state index contributed by atoms with van der Waals surface area (Å²) in [5.41, 5.74) is 2.15. The predicted molar refractivity (Wildman–Crippen MR) is 120 cm³/mol. The van der Waals surface area contributed by atoms with Crippen molar-refractivity contribution in [2.75, 3.05) is 0 Å². The summed E-state index contributed by atoms with van der Waals surface area (Å²) >= 11 is 0. The Balaban J connectivity index is 1.96. The Morgan fingerprint density at radius 1 is 0.400 bits per heavy atom. The lowest BCUT2D eigenvalue weighted by Crippen LogP contribution is -2.01. The standard InChI is InChI=1S/C26H16O4/c27-25-17-7-11-21(12-8-17)29-23-5-2-6-24(16-23)30-22-13-9-18(10-14-22)26(28)20-4-1-3-19(25)15-20/h1-16H. The van der Waals surface area contributed by atoms with E-state index in [0.29, 0.717) is 43.9 Å². The van der Waals surface area contributed by atoms with Gasteiger partial charge in [-0.05, 0) is 66.7 Å². The number of hydrogen-bond acceptors (Lipinski definition) is 4. The zero-order valence-electron chi connectivity index (χ0n) is 15.9. The maximum Gasteiger partial charge on any atom is 0.193 e. The number of hydrogen-bond donors (Lipinski definition) is 0. The van der Waals surface area contributed by atoms with Gasteiger partial charge in [-0.15, -0.1) is 0 Å². The van der Waals surface area contributed by atoms with Crippen LogP contribution < -0.4 is 10.9 Å². The summed E-state index contributed by atoms with van der Waals surface area (Å²) in [6.45, 7) is 0. The summed E-state index contributed by atoms with van der Waals surface area (Å²) in [5, 5.41) is 1.97. The van der Waals surface area contributed by atoms with Crippen molar-refractivity contribution in [2.24, 2.45) is 0 Å². The molecule has 8 rings (SSSR count). The summed E-state index contributed by atoms with van der Waals surface area (Å²) < 4.78 is 11.8. The van der Waals surface area contributed by atoms with Crippen molar-refractivity contribution in [3.63, 3.8) is 0 Å². The molecule has 4 aromatic heterocycles. The molecule has 0 saturated heterocycles. The maximum atomic E-state index is 12.9. The monoisotopic (exact) mass is 392 g/mol. The maximum absolute atomic E-state index is 12.9. The molecule has 4 heterocycles. The molecule has 0 amide bonds. The predicted octanol–water partition coefficient (Wildman–Crippen LogP) is 5.89. The van der Waals surface area contributed by atoms with Gasteiger partial charge in [-0.3, -0.25) is 9.59 Å². The van der Waals surface area contributed by atoms with E-state index in [-0.39, 0.29) is 10.9 Å². The van der Waals surface area contributed by atoms with E-state index in [1.165, 1.54) is 0 Å². The van der Waals surface area contributed by atoms with E-state index in [2.05, 4.69) is 0 Å². The van der Waals surface area contributed by atoms with Crippen LogP contribution in [0.4, 0.5) is 0 Å². The minimum absolute atomic E-state index is 0.150. The third kappa shape index (κ3) is 3.47. The quantitative estimate of drug-likeness (QED) is 0.330. The molecule has 0 atom stereocenters. The van der Waals surface area contributed by atoms with Crippen LogP contribution in [0.25, 0.3) is 43.9 Å². The van der Waals surface area contributed by atoms with Gasteiger partial charge in [-0.2, -0.15) is 0 Å². The van der Waals surface area contributed by atoms with Crippen LogP contribution in [0.3, 0.4) is 0 Å². The van der Waals surface area contributed by atoms with Crippen molar-refractivity contribution in [3.8, 4) is 0 Å². The molecule has 8 bridgehead atoms. The second-order valence-electron chi connectivity index (χ2n) is 6.97. The lowest BCUT2D eigenvalue weighted by Gasteiger charge is -1.95. The summed E-state index contributed by atoms with van der Waals surface area (Å²) in [6.07, 6.45) is 0. The fourth-order valence-electron chi connectivity index (χ4n) is 3.36. The molecule has 144 valence electrons. The van der Waals surface area contributed by atoms with E-state index in [1.54, 1.807) is 78.9 Å². The van der Waals surface area contributed by atoms with Gasteiger partial charge < -0.3 is 8.83 Å². The molecule has 8 aromatic rings. The van der Waals surface area contributed by atoms with Gasteiger partial charge in [0.15, 0.2) is 10.9 Å². The van der Waals surface area contributed by atoms with Crippen LogP contribution in [-0.2, 0) is 0 Å². The first-order chi connectivity index (χ1) is 14.7. The largest absolute Gasteiger partial charge is 0.457 e. The van der Waals surface area contributed by atoms with Crippen molar-refractivity contribution in [1.82, 2.24) is 0 Å². The first kappa shape index (κ1) is 17.9. The molecule has 4 nitrogen and oxygen atoms in total. The van der Waals surface area contributed by atoms with Crippen LogP contribution in [-0.4, -0.2) is 0 Å². The molecule has 30 heavy (non-hydrogen) atoms. The fraction of sp³-hybridized carbons (Fsp3) is 0. The first-order valence-electron chi connectivity index (χ1n) is 9.51. The fourth-order valence-corrected chi connectivity index (χ4v) is 3.36. The van der Waals surface area contributed by atoms with Crippen molar-refractivity contribution in [1.29, 1.82) is 0 Å². The summed E-state index contributed by atoms with van der Waals surface area (Å²) in [5.74, 6) is 0. The second-order valence-corrected chi connectivity index (χ2v) is 6.97. The molecule has 0 saturated carbocycles. The van der Waals surface area contributed by atoms with Crippen LogP contribution in [0.2, 0.25) is 0 Å². The Kier molecular flexibility index (Phi) is 4.37. The number of rotatable bonds is 0. The lowest BCUT2D eigenvalue weighted by molar-refractivity contribution is 0.641. The topological polar surface area (TPSA) is 60.4 Å². The number of benzene rings is 4. The zero-order chi connectivity index (χ0) is 20.5. The highest BCUT2D eigenvalue weighted by molar-refractivity contribution is 5.75. The van der Waals surface area contributed by atoms with Crippen LogP contribution in [0, 0.1) is 0 Å². The average Bonchev–Trinajstić information content (AvgIpc) is 2.79. The van der Waals surface area contributed by atoms with Crippen LogP contribution in [0.5, 0.6) is 0 Å². The molecule has 0 radical (unpaired) electrons. The Labute approximate surface area is 170 Å². The van der Waals surface area contributed by atoms with E-state index in [9.17, 15) is 9.59 Å². The van der Waals surface area contributed by atoms with Crippen molar-refractivity contribution < 1.29 is 8.83 Å². The van der Waals surface area contributed by atoms with Gasteiger partial charge >= 0.3 is 0 Å². The molecule has 0 aliphatic heterocycles. The third-order valence-corrected chi connectivity index (χ3v) is 4.90. The van der Waals surface area contributed by atoms with Gasteiger partial charge in [0.2, 0.25) is 0 Å². The van der Waals surface area contributed by atoms with E-state index in [1.807, 2.05) is 18.2 Å². The highest BCUT2D eigenvalue weighted by Crippen LogP contribution is 2.13. The molecule has 0 unspecified atom stereocenters. The Morgan fingerprint density at radius 2 is 0.833 bits per heavy atom. The molecule has 0 spiro atoms. The summed E-state index contributed by atoms with van der Waals surface area (Å²) in [6, 6.07) is 27.9. The summed E-state index contributed by atoms with van der Waals surface area (Å²) in [4.78, 5) is 25.8. The molecule has 4 heteroatoms. The third-order valence-electron chi connectivity index (χ3n) is 4.90. The van der Waals surface area contributed by atoms with Crippen LogP contribution in [0.15, 0.2) is 115 Å². The van der Waals surface area contributed by atoms with Crippen LogP contribution in [0.1, 0.15) is 0 Å². The Morgan fingerprint density at radius 3 is 1.30 bits per heavy atom. The van der Waals surface area contributed by atoms with Gasteiger partial charge in [0.25, 0.3) is 0 Å². The van der Waals surface area contributed by atoms with Crippen molar-refractivity contribution in [3.05, 3.63) is 118 Å². The SMILES string of the molecule is O=c1c2ccc(cc2)oc2cccc(c2)oc2ccc(cc2)c(=O)c2cccc1c2. The van der Waals surface area contributed by atoms with Crippen molar-refractivity contribution >= 4 is 43.9 Å². The van der Waals surface area contributed by atoms with Gasteiger partial charge in [0.05, 0.1) is 0 Å². The molecule has 0 aliphatic carbocycles. The van der Waals surface area contributed by atoms with Crippen molar-refractivity contribution in [2.45, 2.75) is 0 Å². The van der Waals surface area contributed by atoms with Gasteiger partial charge in [-0.1, -0.05) is 24.3 Å². The molecular formula is C26H16O4. The summed E-state index contributed by atoms with van der Waals surface area (Å²) in [7, 11) is 0. The molecule has 4 aromatic carbocycles. The normalized spacial score (nSPS) is 10.9. The Hall–Kier alpha value is -4.18. The van der Waals surface area contributed by atoms with E-state index >= 15 is 0 Å². The molecule has 0 N–H and O–H groups in total. The highest BCUT2D eigenvalue weighted by Gasteiger charge is 1.99. The lowest BCUT2D eigenvalue weighted by atomic mass is 10.1. The molecule has 0 fully saturated rings. The van der Waals surface area contributed by atoms with E-state index < -0.39 is 0 Å². The van der Waals surface area contributed by atoms with E-state index in [0.717, 1.165) is 0 Å². The highest BCUT2D eigenvalue weighted by atomic mass is 16.3. The second kappa shape index (κ2) is 7.33. The average molecular weight is 392 g/mol. The minimum Gasteiger partial charge on any atom is -0.457 e. The minimum atomic E-state index is -0.150. The first-order valence-corrected chi connectivity index (χ1v) is 9.51.